The number of carbonyl (C=O) groups excluding carboxylic acids is 1. The number of pyridine rings is 1. The fourth-order valence-electron chi connectivity index (χ4n) is 2.21. The van der Waals surface area contributed by atoms with Gasteiger partial charge in [0.25, 0.3) is 5.91 Å². The van der Waals surface area contributed by atoms with Crippen LogP contribution in [0.1, 0.15) is 15.9 Å². The van der Waals surface area contributed by atoms with Crippen molar-refractivity contribution in [3.8, 4) is 5.75 Å². The Balaban J connectivity index is 1.81. The number of rotatable bonds is 6. The molecule has 2 heterocycles. The van der Waals surface area contributed by atoms with Gasteiger partial charge in [-0.25, -0.2) is 4.98 Å². The predicted octanol–water partition coefficient (Wildman–Crippen LogP) is 2.62. The van der Waals surface area contributed by atoms with Gasteiger partial charge < -0.3 is 21.5 Å². The minimum Gasteiger partial charge on any atom is -0.508 e. The Labute approximate surface area is 148 Å². The van der Waals surface area contributed by atoms with Crippen molar-refractivity contribution in [3.05, 3.63) is 58.9 Å². The number of aromatic nitrogens is 3. The number of H-pyrrole nitrogens is 1. The van der Waals surface area contributed by atoms with Gasteiger partial charge in [-0.15, -0.1) is 0 Å². The predicted molar refractivity (Wildman–Crippen MR) is 95.1 cm³/mol. The summed E-state index contributed by atoms with van der Waals surface area (Å²) in [7, 11) is 0. The van der Waals surface area contributed by atoms with Crippen molar-refractivity contribution in [3.63, 3.8) is 0 Å². The fraction of sp³-hybridized carbons (Fsp3) is 0.0625. The normalized spacial score (nSPS) is 10.4. The van der Waals surface area contributed by atoms with Crippen molar-refractivity contribution in [2.75, 3.05) is 10.6 Å². The summed E-state index contributed by atoms with van der Waals surface area (Å²) in [5.74, 6) is 0.158. The highest BCUT2D eigenvalue weighted by molar-refractivity contribution is 6.32. The molecule has 1 amide bonds. The summed E-state index contributed by atoms with van der Waals surface area (Å²) in [6, 6.07) is 10.1. The van der Waals surface area contributed by atoms with E-state index in [1.807, 2.05) is 0 Å². The van der Waals surface area contributed by atoms with Crippen LogP contribution in [0.4, 0.5) is 17.3 Å². The molecule has 25 heavy (non-hydrogen) atoms. The molecule has 1 aromatic carbocycles. The zero-order valence-corrected chi connectivity index (χ0v) is 13.7. The summed E-state index contributed by atoms with van der Waals surface area (Å²) < 4.78 is 0. The van der Waals surface area contributed by atoms with Gasteiger partial charge in [-0.1, -0.05) is 23.7 Å². The van der Waals surface area contributed by atoms with Crippen molar-refractivity contribution < 1.29 is 9.90 Å². The van der Waals surface area contributed by atoms with E-state index in [4.69, 9.17) is 17.3 Å². The summed E-state index contributed by atoms with van der Waals surface area (Å²) in [5.41, 5.74) is 7.07. The quantitative estimate of drug-likeness (QED) is 0.431. The Hall–Kier alpha value is -3.26. The van der Waals surface area contributed by atoms with Crippen molar-refractivity contribution >= 4 is 34.8 Å². The number of phenols is 1. The highest BCUT2D eigenvalue weighted by atomic mass is 35.5. The molecule has 0 aliphatic carbocycles. The van der Waals surface area contributed by atoms with Gasteiger partial charge >= 0.3 is 0 Å². The number of nitrogens with two attached hydrogens (primary N) is 1. The summed E-state index contributed by atoms with van der Waals surface area (Å²) in [4.78, 5) is 15.8. The van der Waals surface area contributed by atoms with E-state index < -0.39 is 5.91 Å². The first-order valence-electron chi connectivity index (χ1n) is 7.32. The molecule has 0 bridgehead atoms. The third-order valence-electron chi connectivity index (χ3n) is 3.43. The van der Waals surface area contributed by atoms with E-state index in [1.165, 1.54) is 0 Å². The largest absolute Gasteiger partial charge is 0.508 e. The lowest BCUT2D eigenvalue weighted by Crippen LogP contribution is -2.15. The average Bonchev–Trinajstić information content (AvgIpc) is 2.99. The van der Waals surface area contributed by atoms with Crippen LogP contribution in [0.15, 0.2) is 42.6 Å². The van der Waals surface area contributed by atoms with Gasteiger partial charge in [0.2, 0.25) is 0 Å². The van der Waals surface area contributed by atoms with Gasteiger partial charge in [0.05, 0.1) is 5.69 Å². The van der Waals surface area contributed by atoms with E-state index in [9.17, 15) is 9.90 Å². The highest BCUT2D eigenvalue weighted by Gasteiger charge is 2.19. The monoisotopic (exact) mass is 358 g/mol. The molecule has 3 aromatic rings. The molecule has 0 spiro atoms. The number of nitrogens with one attached hydrogen (secondary N) is 3. The molecular weight excluding hydrogens is 344 g/mol. The number of benzene rings is 1. The minimum absolute atomic E-state index is 0.179. The Kier molecular flexibility index (Phi) is 4.71. The molecular formula is C16H15ClN6O2. The second kappa shape index (κ2) is 7.10. The van der Waals surface area contributed by atoms with Gasteiger partial charge in [0.15, 0.2) is 11.0 Å². The number of amides is 1. The van der Waals surface area contributed by atoms with Crippen LogP contribution in [-0.4, -0.2) is 26.2 Å². The first-order valence-corrected chi connectivity index (χ1v) is 7.70. The Bertz CT molecular complexity index is 894. The molecule has 2 aromatic heterocycles. The number of phenolic OH excluding ortho intramolecular Hbond substituents is 1. The van der Waals surface area contributed by atoms with Gasteiger partial charge in [-0.2, -0.15) is 5.10 Å². The number of hydrogen-bond acceptors (Lipinski definition) is 6. The molecule has 0 fully saturated rings. The molecule has 0 unspecified atom stereocenters. The molecule has 8 nitrogen and oxygen atoms in total. The van der Waals surface area contributed by atoms with E-state index in [2.05, 4.69) is 25.8 Å². The fourth-order valence-corrected chi connectivity index (χ4v) is 2.38. The molecule has 0 saturated heterocycles. The van der Waals surface area contributed by atoms with E-state index in [0.717, 1.165) is 5.56 Å². The maximum Gasteiger partial charge on any atom is 0.256 e. The van der Waals surface area contributed by atoms with E-state index >= 15 is 0 Å². The summed E-state index contributed by atoms with van der Waals surface area (Å²) in [5, 5.41) is 22.4. The third-order valence-corrected chi connectivity index (χ3v) is 3.73. The molecule has 0 radical (unpaired) electrons. The zero-order valence-electron chi connectivity index (χ0n) is 13.0. The van der Waals surface area contributed by atoms with E-state index in [-0.39, 0.29) is 22.3 Å². The number of carbonyl (C=O) groups is 1. The van der Waals surface area contributed by atoms with Gasteiger partial charge in [0.1, 0.15) is 17.1 Å². The number of anilines is 3. The van der Waals surface area contributed by atoms with Crippen LogP contribution in [-0.2, 0) is 6.54 Å². The topological polar surface area (TPSA) is 129 Å². The Morgan fingerprint density at radius 1 is 1.28 bits per heavy atom. The lowest BCUT2D eigenvalue weighted by molar-refractivity contribution is 0.100. The number of aromatic amines is 1. The van der Waals surface area contributed by atoms with Gasteiger partial charge in [-0.3, -0.25) is 9.89 Å². The third kappa shape index (κ3) is 3.81. The van der Waals surface area contributed by atoms with Crippen molar-refractivity contribution in [1.82, 2.24) is 15.2 Å². The van der Waals surface area contributed by atoms with Crippen molar-refractivity contribution in [1.29, 1.82) is 0 Å². The van der Waals surface area contributed by atoms with Gasteiger partial charge in [0, 0.05) is 12.7 Å². The van der Waals surface area contributed by atoms with Crippen LogP contribution in [0.2, 0.25) is 5.15 Å². The molecule has 3 rings (SSSR count). The number of hydrogen-bond donors (Lipinski definition) is 5. The Morgan fingerprint density at radius 3 is 2.72 bits per heavy atom. The minimum atomic E-state index is -0.649. The molecule has 128 valence electrons. The lowest BCUT2D eigenvalue weighted by Gasteiger charge is -2.08. The first kappa shape index (κ1) is 16.6. The molecule has 0 aliphatic rings. The average molecular weight is 359 g/mol. The van der Waals surface area contributed by atoms with Crippen molar-refractivity contribution in [2.45, 2.75) is 6.54 Å². The Morgan fingerprint density at radius 2 is 2.04 bits per heavy atom. The summed E-state index contributed by atoms with van der Waals surface area (Å²) in [6.45, 7) is 0.413. The molecule has 9 heteroatoms. The zero-order chi connectivity index (χ0) is 17.8. The maximum absolute atomic E-state index is 11.8. The van der Waals surface area contributed by atoms with Crippen LogP contribution >= 0.6 is 11.6 Å². The molecule has 0 saturated carbocycles. The second-order valence-electron chi connectivity index (χ2n) is 5.17. The van der Waals surface area contributed by atoms with E-state index in [1.54, 1.807) is 42.6 Å². The van der Waals surface area contributed by atoms with Gasteiger partial charge in [-0.05, 0) is 29.8 Å². The lowest BCUT2D eigenvalue weighted by atomic mass is 10.2. The van der Waals surface area contributed by atoms with Crippen LogP contribution < -0.4 is 16.4 Å². The van der Waals surface area contributed by atoms with Crippen molar-refractivity contribution in [2.24, 2.45) is 5.73 Å². The van der Waals surface area contributed by atoms with Crippen LogP contribution in [0, 0.1) is 0 Å². The second-order valence-corrected chi connectivity index (χ2v) is 5.53. The summed E-state index contributed by atoms with van der Waals surface area (Å²) >= 11 is 6.00. The maximum atomic E-state index is 11.8. The van der Waals surface area contributed by atoms with Crippen LogP contribution in [0.5, 0.6) is 5.75 Å². The number of aromatic hydroxyl groups is 1. The number of nitrogens with zero attached hydrogens (tertiary/aromatic N) is 2. The number of primary amides is 1. The molecule has 0 atom stereocenters. The smallest absolute Gasteiger partial charge is 0.256 e. The number of halogens is 1. The van der Waals surface area contributed by atoms with E-state index in [0.29, 0.717) is 18.1 Å². The summed E-state index contributed by atoms with van der Waals surface area (Å²) in [6.07, 6.45) is 1.55. The van der Waals surface area contributed by atoms with Crippen LogP contribution in [0.3, 0.4) is 0 Å². The SMILES string of the molecule is NC(=O)c1c(Nc2cccnc2Cl)n[nH]c1NCc1ccc(O)cc1. The molecule has 6 N–H and O–H groups in total. The highest BCUT2D eigenvalue weighted by Crippen LogP contribution is 2.27. The molecule has 0 aliphatic heterocycles. The van der Waals surface area contributed by atoms with Crippen LogP contribution in [0.25, 0.3) is 0 Å². The first-order chi connectivity index (χ1) is 12.0. The standard InChI is InChI=1S/C16H15ClN6O2/c17-13-11(2-1-7-19-13)21-16-12(14(18)25)15(22-23-16)20-8-9-3-5-10(24)6-4-9/h1-7,24H,8H2,(H2,18,25)(H3,20,21,22,23).